The quantitative estimate of drug-likeness (QED) is 0.398. The van der Waals surface area contributed by atoms with Gasteiger partial charge in [0.1, 0.15) is 5.82 Å². The van der Waals surface area contributed by atoms with E-state index in [4.69, 9.17) is 10.3 Å². The lowest BCUT2D eigenvalue weighted by Gasteiger charge is -2.16. The number of anilines is 1. The summed E-state index contributed by atoms with van der Waals surface area (Å²) in [6.45, 7) is 7.24. The molecule has 0 spiro atoms. The fraction of sp³-hybridized carbons (Fsp3) is 0.375. The predicted molar refractivity (Wildman–Crippen MR) is 128 cm³/mol. The van der Waals surface area contributed by atoms with Gasteiger partial charge in [-0.2, -0.15) is 10.1 Å². The Morgan fingerprint density at radius 3 is 2.86 bits per heavy atom. The van der Waals surface area contributed by atoms with E-state index in [2.05, 4.69) is 35.5 Å². The first kappa shape index (κ1) is 22.9. The summed E-state index contributed by atoms with van der Waals surface area (Å²) < 4.78 is 20.1. The highest BCUT2D eigenvalue weighted by molar-refractivity contribution is 6.00. The van der Waals surface area contributed by atoms with Gasteiger partial charge in [-0.3, -0.25) is 9.89 Å². The summed E-state index contributed by atoms with van der Waals surface area (Å²) in [6.07, 6.45) is 2.55. The van der Waals surface area contributed by atoms with Crippen LogP contribution in [0.4, 0.5) is 10.2 Å². The number of nitrogens with two attached hydrogens (primary N) is 1. The number of nitrogens with zero attached hydrogens (tertiary/aromatic N) is 5. The lowest BCUT2D eigenvalue weighted by molar-refractivity contribution is 0.0906. The van der Waals surface area contributed by atoms with Crippen LogP contribution in [0.2, 0.25) is 0 Å². The molecule has 0 bridgehead atoms. The Morgan fingerprint density at radius 2 is 2.17 bits per heavy atom. The van der Waals surface area contributed by atoms with Crippen molar-refractivity contribution >= 4 is 22.8 Å². The summed E-state index contributed by atoms with van der Waals surface area (Å²) in [5.41, 5.74) is 8.19. The molecule has 182 valence electrons. The van der Waals surface area contributed by atoms with E-state index in [1.807, 2.05) is 32.9 Å². The normalized spacial score (nSPS) is 16.3. The summed E-state index contributed by atoms with van der Waals surface area (Å²) in [6, 6.07) is 6.86. The number of aromatic amines is 1. The third-order valence-electron chi connectivity index (χ3n) is 6.06. The molecule has 35 heavy (non-hydrogen) atoms. The molecule has 1 unspecified atom stereocenters. The van der Waals surface area contributed by atoms with Gasteiger partial charge in [-0.25, -0.2) is 9.37 Å². The summed E-state index contributed by atoms with van der Waals surface area (Å²) in [7, 11) is 0. The van der Waals surface area contributed by atoms with Crippen molar-refractivity contribution < 1.29 is 13.7 Å². The molecule has 4 heterocycles. The van der Waals surface area contributed by atoms with Gasteiger partial charge in [0.2, 0.25) is 0 Å². The number of aromatic nitrogens is 5. The van der Waals surface area contributed by atoms with E-state index in [1.54, 1.807) is 12.3 Å². The molecular weight excluding hydrogens is 451 g/mol. The number of amides is 1. The minimum atomic E-state index is -0.556. The molecule has 1 saturated heterocycles. The number of hydrogen-bond acceptors (Lipinski definition) is 8. The second kappa shape index (κ2) is 8.73. The average molecular weight is 479 g/mol. The van der Waals surface area contributed by atoms with Crippen molar-refractivity contribution in [3.05, 3.63) is 53.6 Å². The number of nitrogens with one attached hydrogen (secondary N) is 2. The number of H-pyrrole nitrogens is 1. The molecule has 1 aromatic carbocycles. The number of halogens is 1. The van der Waals surface area contributed by atoms with Crippen LogP contribution in [0.5, 0.6) is 0 Å². The van der Waals surface area contributed by atoms with Crippen LogP contribution in [0.1, 0.15) is 49.3 Å². The SMILES string of the molecule is CC(C)(C)c1noc(C(=O)NCc2ccc(-c3ccnc4[nH]nc(N5CCC(N)C5)c34)cc2F)n1. The summed E-state index contributed by atoms with van der Waals surface area (Å²) >= 11 is 0. The van der Waals surface area contributed by atoms with Gasteiger partial charge in [0.05, 0.1) is 5.39 Å². The molecule has 1 aliphatic heterocycles. The van der Waals surface area contributed by atoms with Crippen molar-refractivity contribution in [1.82, 2.24) is 30.6 Å². The van der Waals surface area contributed by atoms with E-state index < -0.39 is 11.7 Å². The standard InChI is InChI=1S/C24H27FN8O2/c1-24(2,3)23-29-22(35-32-23)21(34)28-11-14-5-4-13(10-17(14)25)16-6-8-27-19-18(16)20(31-30-19)33-9-7-15(26)12-33/h4-6,8,10,15H,7,9,11-12,26H2,1-3H3,(H,28,34)(H,27,30,31). The zero-order valence-electron chi connectivity index (χ0n) is 19.8. The Bertz CT molecular complexity index is 1390. The van der Waals surface area contributed by atoms with Crippen LogP contribution >= 0.6 is 0 Å². The minimum Gasteiger partial charge on any atom is -0.353 e. The second-order valence-electron chi connectivity index (χ2n) is 9.79. The molecule has 0 radical (unpaired) electrons. The minimum absolute atomic E-state index is 0.0213. The van der Waals surface area contributed by atoms with Gasteiger partial charge < -0.3 is 20.5 Å². The topological polar surface area (TPSA) is 139 Å². The van der Waals surface area contributed by atoms with Crippen LogP contribution in [0.3, 0.4) is 0 Å². The van der Waals surface area contributed by atoms with Crippen LogP contribution in [-0.4, -0.2) is 50.4 Å². The zero-order valence-corrected chi connectivity index (χ0v) is 19.8. The van der Waals surface area contributed by atoms with Crippen molar-refractivity contribution in [1.29, 1.82) is 0 Å². The van der Waals surface area contributed by atoms with Gasteiger partial charge in [0, 0.05) is 42.9 Å². The first-order valence-corrected chi connectivity index (χ1v) is 11.5. The lowest BCUT2D eigenvalue weighted by atomic mass is 9.96. The third kappa shape index (κ3) is 4.46. The first-order chi connectivity index (χ1) is 16.7. The zero-order chi connectivity index (χ0) is 24.7. The molecule has 4 N–H and O–H groups in total. The summed E-state index contributed by atoms with van der Waals surface area (Å²) in [4.78, 5) is 23.0. The van der Waals surface area contributed by atoms with Crippen molar-refractivity contribution in [3.63, 3.8) is 0 Å². The van der Waals surface area contributed by atoms with Gasteiger partial charge in [-0.15, -0.1) is 0 Å². The van der Waals surface area contributed by atoms with E-state index >= 15 is 4.39 Å². The largest absolute Gasteiger partial charge is 0.353 e. The van der Waals surface area contributed by atoms with Gasteiger partial charge in [-0.05, 0) is 29.7 Å². The lowest BCUT2D eigenvalue weighted by Crippen LogP contribution is -2.26. The van der Waals surface area contributed by atoms with Crippen molar-refractivity contribution in [3.8, 4) is 11.1 Å². The maximum Gasteiger partial charge on any atom is 0.315 e. The molecule has 3 aromatic heterocycles. The Morgan fingerprint density at radius 1 is 1.34 bits per heavy atom. The fourth-order valence-corrected chi connectivity index (χ4v) is 4.11. The van der Waals surface area contributed by atoms with Crippen molar-refractivity contribution in [2.45, 2.75) is 45.2 Å². The highest BCUT2D eigenvalue weighted by Gasteiger charge is 2.26. The third-order valence-corrected chi connectivity index (χ3v) is 6.06. The number of fused-ring (bicyclic) bond motifs is 1. The number of carbonyl (C=O) groups is 1. The molecule has 4 aromatic rings. The van der Waals surface area contributed by atoms with Crippen LogP contribution < -0.4 is 16.0 Å². The fourth-order valence-electron chi connectivity index (χ4n) is 4.11. The summed E-state index contributed by atoms with van der Waals surface area (Å²) in [5.74, 6) is 0.0414. The smallest absolute Gasteiger partial charge is 0.315 e. The van der Waals surface area contributed by atoms with E-state index in [0.29, 0.717) is 29.1 Å². The maximum absolute atomic E-state index is 15.1. The van der Waals surface area contributed by atoms with Crippen LogP contribution in [0, 0.1) is 5.82 Å². The molecule has 1 amide bonds. The van der Waals surface area contributed by atoms with Crippen LogP contribution in [-0.2, 0) is 12.0 Å². The molecule has 1 atom stereocenters. The van der Waals surface area contributed by atoms with Gasteiger partial charge in [0.15, 0.2) is 17.3 Å². The predicted octanol–water partition coefficient (Wildman–Crippen LogP) is 2.91. The number of pyridine rings is 1. The Balaban J connectivity index is 1.36. The second-order valence-corrected chi connectivity index (χ2v) is 9.79. The highest BCUT2D eigenvalue weighted by Crippen LogP contribution is 2.35. The van der Waals surface area contributed by atoms with Crippen LogP contribution in [0.25, 0.3) is 22.2 Å². The van der Waals surface area contributed by atoms with Crippen LogP contribution in [0.15, 0.2) is 35.0 Å². The Labute approximate surface area is 201 Å². The van der Waals surface area contributed by atoms with Crippen molar-refractivity contribution in [2.75, 3.05) is 18.0 Å². The van der Waals surface area contributed by atoms with E-state index in [1.165, 1.54) is 6.07 Å². The molecule has 1 fully saturated rings. The number of rotatable bonds is 5. The number of hydrogen-bond donors (Lipinski definition) is 3. The molecular formula is C24H27FN8O2. The molecule has 11 heteroatoms. The highest BCUT2D eigenvalue weighted by atomic mass is 19.1. The monoisotopic (exact) mass is 478 g/mol. The maximum atomic E-state index is 15.1. The Kier molecular flexibility index (Phi) is 5.72. The molecule has 10 nitrogen and oxygen atoms in total. The summed E-state index contributed by atoms with van der Waals surface area (Å²) in [5, 5.41) is 14.7. The van der Waals surface area contributed by atoms with Gasteiger partial charge in [-0.1, -0.05) is 38.1 Å². The van der Waals surface area contributed by atoms with Crippen molar-refractivity contribution in [2.24, 2.45) is 5.73 Å². The number of benzene rings is 1. The molecule has 1 aliphatic rings. The van der Waals surface area contributed by atoms with E-state index in [9.17, 15) is 4.79 Å². The van der Waals surface area contributed by atoms with E-state index in [-0.39, 0.29) is 23.9 Å². The van der Waals surface area contributed by atoms with Gasteiger partial charge >= 0.3 is 11.8 Å². The molecule has 5 rings (SSSR count). The average Bonchev–Trinajstić information content (AvgIpc) is 3.56. The Hall–Kier alpha value is -3.86. The molecule has 0 saturated carbocycles. The van der Waals surface area contributed by atoms with E-state index in [0.717, 1.165) is 29.7 Å². The molecule has 0 aliphatic carbocycles. The van der Waals surface area contributed by atoms with Gasteiger partial charge in [0.25, 0.3) is 0 Å². The first-order valence-electron chi connectivity index (χ1n) is 11.5. The number of carbonyl (C=O) groups excluding carboxylic acids is 1.